The van der Waals surface area contributed by atoms with E-state index in [1.807, 2.05) is 0 Å². The van der Waals surface area contributed by atoms with Gasteiger partial charge in [0.25, 0.3) is 0 Å². The summed E-state index contributed by atoms with van der Waals surface area (Å²) in [4.78, 5) is 0. The number of hydrogen-bond acceptors (Lipinski definition) is 3. The van der Waals surface area contributed by atoms with E-state index >= 15 is 0 Å². The third-order valence-corrected chi connectivity index (χ3v) is 2.21. The third kappa shape index (κ3) is 1.18. The molecule has 1 atom stereocenters. The van der Waals surface area contributed by atoms with Crippen molar-refractivity contribution in [1.82, 2.24) is 5.32 Å². The molecule has 0 fully saturated rings. The van der Waals surface area contributed by atoms with Gasteiger partial charge in [-0.3, -0.25) is 5.32 Å². The molecular formula is C9H10FNO2. The summed E-state index contributed by atoms with van der Waals surface area (Å²) in [5.41, 5.74) is 1.09. The van der Waals surface area contributed by atoms with Gasteiger partial charge >= 0.3 is 0 Å². The zero-order chi connectivity index (χ0) is 9.42. The Labute approximate surface area is 75.1 Å². The quantitative estimate of drug-likeness (QED) is 0.680. The number of methoxy groups -OCH3 is 1. The van der Waals surface area contributed by atoms with E-state index in [9.17, 15) is 9.50 Å². The monoisotopic (exact) mass is 183 g/mol. The largest absolute Gasteiger partial charge is 0.494 e. The highest BCUT2D eigenvalue weighted by Crippen LogP contribution is 2.31. The lowest BCUT2D eigenvalue weighted by Gasteiger charge is -2.08. The Kier molecular flexibility index (Phi) is 1.94. The van der Waals surface area contributed by atoms with E-state index in [0.717, 1.165) is 5.56 Å². The van der Waals surface area contributed by atoms with Crippen molar-refractivity contribution in [3.05, 3.63) is 29.1 Å². The van der Waals surface area contributed by atoms with Crippen molar-refractivity contribution in [1.29, 1.82) is 0 Å². The summed E-state index contributed by atoms with van der Waals surface area (Å²) in [5, 5.41) is 12.1. The average Bonchev–Trinajstić information content (AvgIpc) is 2.49. The Hall–Kier alpha value is -1.13. The maximum Gasteiger partial charge on any atom is 0.172 e. The van der Waals surface area contributed by atoms with Crippen LogP contribution in [0.15, 0.2) is 12.1 Å². The van der Waals surface area contributed by atoms with Gasteiger partial charge in [-0.1, -0.05) is 6.07 Å². The van der Waals surface area contributed by atoms with Gasteiger partial charge in [0.15, 0.2) is 11.6 Å². The second kappa shape index (κ2) is 2.97. The van der Waals surface area contributed by atoms with Crippen molar-refractivity contribution in [2.24, 2.45) is 0 Å². The fourth-order valence-electron chi connectivity index (χ4n) is 1.53. The molecule has 1 aromatic rings. The van der Waals surface area contributed by atoms with Crippen LogP contribution in [0.2, 0.25) is 0 Å². The molecule has 0 spiro atoms. The number of aliphatic hydroxyl groups is 1. The fraction of sp³-hybridized carbons (Fsp3) is 0.333. The van der Waals surface area contributed by atoms with Crippen molar-refractivity contribution >= 4 is 0 Å². The molecule has 0 radical (unpaired) electrons. The van der Waals surface area contributed by atoms with Gasteiger partial charge in [0, 0.05) is 12.1 Å². The Morgan fingerprint density at radius 2 is 2.38 bits per heavy atom. The van der Waals surface area contributed by atoms with Crippen molar-refractivity contribution in [3.63, 3.8) is 0 Å². The molecule has 1 aliphatic heterocycles. The van der Waals surface area contributed by atoms with E-state index < -0.39 is 12.0 Å². The van der Waals surface area contributed by atoms with Crippen LogP contribution < -0.4 is 10.1 Å². The summed E-state index contributed by atoms with van der Waals surface area (Å²) in [6, 6.07) is 3.31. The normalized spacial score (nSPS) is 20.1. The van der Waals surface area contributed by atoms with Crippen molar-refractivity contribution in [3.8, 4) is 5.75 Å². The predicted molar refractivity (Wildman–Crippen MR) is 44.8 cm³/mol. The second-order valence-electron chi connectivity index (χ2n) is 2.94. The number of benzene rings is 1. The predicted octanol–water partition coefficient (Wildman–Crippen LogP) is 0.928. The molecule has 0 saturated carbocycles. The lowest BCUT2D eigenvalue weighted by molar-refractivity contribution is 0.147. The summed E-state index contributed by atoms with van der Waals surface area (Å²) in [6.45, 7) is 0.497. The van der Waals surface area contributed by atoms with Gasteiger partial charge in [0.05, 0.1) is 7.11 Å². The van der Waals surface area contributed by atoms with Gasteiger partial charge in [-0.05, 0) is 11.6 Å². The first kappa shape index (κ1) is 8.47. The summed E-state index contributed by atoms with van der Waals surface area (Å²) in [5.74, 6) is -0.306. The van der Waals surface area contributed by atoms with Gasteiger partial charge in [0.2, 0.25) is 0 Å². The van der Waals surface area contributed by atoms with Crippen molar-refractivity contribution < 1.29 is 14.2 Å². The zero-order valence-electron chi connectivity index (χ0n) is 7.17. The van der Waals surface area contributed by atoms with E-state index in [2.05, 4.69) is 5.32 Å². The van der Waals surface area contributed by atoms with Crippen molar-refractivity contribution in [2.45, 2.75) is 12.8 Å². The van der Waals surface area contributed by atoms with Crippen LogP contribution >= 0.6 is 0 Å². The maximum absolute atomic E-state index is 13.5. The molecule has 3 nitrogen and oxygen atoms in total. The first-order valence-electron chi connectivity index (χ1n) is 4.00. The molecule has 4 heteroatoms. The summed E-state index contributed by atoms with van der Waals surface area (Å²) >= 11 is 0. The van der Waals surface area contributed by atoms with Gasteiger partial charge in [-0.25, -0.2) is 4.39 Å². The minimum Gasteiger partial charge on any atom is -0.494 e. The van der Waals surface area contributed by atoms with Gasteiger partial charge in [0.1, 0.15) is 6.23 Å². The lowest BCUT2D eigenvalue weighted by atomic mass is 10.1. The molecule has 2 rings (SSSR count). The van der Waals surface area contributed by atoms with E-state index in [4.69, 9.17) is 4.74 Å². The number of hydrogen-bond donors (Lipinski definition) is 2. The number of ether oxygens (including phenoxy) is 1. The van der Waals surface area contributed by atoms with Crippen LogP contribution in [-0.2, 0) is 6.54 Å². The molecule has 0 aliphatic carbocycles. The SMILES string of the molecule is COc1ccc2c(c1F)C(O)NC2. The number of rotatable bonds is 1. The van der Waals surface area contributed by atoms with E-state index in [0.29, 0.717) is 12.1 Å². The number of fused-ring (bicyclic) bond motifs is 1. The Morgan fingerprint density at radius 3 is 3.08 bits per heavy atom. The van der Waals surface area contributed by atoms with Crippen LogP contribution in [0.5, 0.6) is 5.75 Å². The smallest absolute Gasteiger partial charge is 0.172 e. The number of halogens is 1. The van der Waals surface area contributed by atoms with E-state index in [1.165, 1.54) is 7.11 Å². The third-order valence-electron chi connectivity index (χ3n) is 2.21. The molecular weight excluding hydrogens is 173 g/mol. The first-order valence-corrected chi connectivity index (χ1v) is 4.00. The minimum absolute atomic E-state index is 0.168. The molecule has 0 bridgehead atoms. The van der Waals surface area contributed by atoms with Crippen LogP contribution in [-0.4, -0.2) is 12.2 Å². The van der Waals surface area contributed by atoms with Gasteiger partial charge < -0.3 is 9.84 Å². The Morgan fingerprint density at radius 1 is 1.62 bits per heavy atom. The summed E-state index contributed by atoms with van der Waals surface area (Å²) in [6.07, 6.45) is -0.912. The van der Waals surface area contributed by atoms with Crippen LogP contribution in [0, 0.1) is 5.82 Å². The van der Waals surface area contributed by atoms with Crippen LogP contribution in [0.25, 0.3) is 0 Å². The summed E-state index contributed by atoms with van der Waals surface area (Å²) < 4.78 is 18.3. The Bertz CT molecular complexity index is 341. The highest BCUT2D eigenvalue weighted by molar-refractivity contribution is 5.41. The van der Waals surface area contributed by atoms with E-state index in [1.54, 1.807) is 12.1 Å². The van der Waals surface area contributed by atoms with Gasteiger partial charge in [-0.2, -0.15) is 0 Å². The molecule has 1 unspecified atom stereocenters. The average molecular weight is 183 g/mol. The zero-order valence-corrected chi connectivity index (χ0v) is 7.17. The standard InChI is InChI=1S/C9H10FNO2/c1-13-6-3-2-5-4-11-9(12)7(5)8(6)10/h2-3,9,11-12H,4H2,1H3. The van der Waals surface area contributed by atoms with Crippen molar-refractivity contribution in [2.75, 3.05) is 7.11 Å². The number of aliphatic hydroxyl groups excluding tert-OH is 1. The molecule has 1 aliphatic rings. The van der Waals surface area contributed by atoms with Crippen LogP contribution in [0.1, 0.15) is 17.4 Å². The van der Waals surface area contributed by atoms with Gasteiger partial charge in [-0.15, -0.1) is 0 Å². The second-order valence-corrected chi connectivity index (χ2v) is 2.94. The maximum atomic E-state index is 13.5. The number of nitrogens with one attached hydrogen (secondary N) is 1. The molecule has 70 valence electrons. The molecule has 0 amide bonds. The fourth-order valence-corrected chi connectivity index (χ4v) is 1.53. The molecule has 0 saturated heterocycles. The molecule has 0 aromatic heterocycles. The lowest BCUT2D eigenvalue weighted by Crippen LogP contribution is -2.11. The molecule has 1 aromatic carbocycles. The summed E-state index contributed by atoms with van der Waals surface area (Å²) in [7, 11) is 1.40. The highest BCUT2D eigenvalue weighted by atomic mass is 19.1. The molecule has 2 N–H and O–H groups in total. The van der Waals surface area contributed by atoms with E-state index in [-0.39, 0.29) is 5.75 Å². The highest BCUT2D eigenvalue weighted by Gasteiger charge is 2.25. The first-order chi connectivity index (χ1) is 6.24. The topological polar surface area (TPSA) is 41.5 Å². The van der Waals surface area contributed by atoms with Crippen LogP contribution in [0.3, 0.4) is 0 Å². The molecule has 1 heterocycles. The van der Waals surface area contributed by atoms with Crippen LogP contribution in [0.4, 0.5) is 4.39 Å². The molecule has 13 heavy (non-hydrogen) atoms. The minimum atomic E-state index is -0.912. The Balaban J connectivity index is 2.56.